The summed E-state index contributed by atoms with van der Waals surface area (Å²) < 4.78 is 5.52. The van der Waals surface area contributed by atoms with Gasteiger partial charge in [0.2, 0.25) is 0 Å². The van der Waals surface area contributed by atoms with Crippen LogP contribution in [-0.4, -0.2) is 36.3 Å². The quantitative estimate of drug-likeness (QED) is 0.800. The van der Waals surface area contributed by atoms with Gasteiger partial charge in [0.1, 0.15) is 0 Å². The van der Waals surface area contributed by atoms with E-state index in [4.69, 9.17) is 4.74 Å². The number of rotatable bonds is 4. The molecule has 0 spiro atoms. The van der Waals surface area contributed by atoms with Crippen LogP contribution in [-0.2, 0) is 4.74 Å². The van der Waals surface area contributed by atoms with Crippen molar-refractivity contribution in [2.45, 2.75) is 56.4 Å². The van der Waals surface area contributed by atoms with Crippen LogP contribution in [0.4, 0.5) is 0 Å². The molecular weight excluding hydrogens is 206 g/mol. The first kappa shape index (κ1) is 11.7. The Labute approximate surface area is 97.5 Å². The monoisotopic (exact) mass is 229 g/mol. The van der Waals surface area contributed by atoms with E-state index in [-0.39, 0.29) is 0 Å². The molecule has 15 heavy (non-hydrogen) atoms. The molecule has 3 unspecified atom stereocenters. The van der Waals surface area contributed by atoms with Gasteiger partial charge in [-0.05, 0) is 31.4 Å². The molecule has 1 N–H and O–H groups in total. The SMILES string of the molecule is CCSC1CCCC1NC1CCCOC1. The zero-order chi connectivity index (χ0) is 10.5. The van der Waals surface area contributed by atoms with E-state index in [1.807, 2.05) is 0 Å². The summed E-state index contributed by atoms with van der Waals surface area (Å²) in [5.41, 5.74) is 0. The molecule has 0 bridgehead atoms. The van der Waals surface area contributed by atoms with Crippen molar-refractivity contribution in [3.63, 3.8) is 0 Å². The lowest BCUT2D eigenvalue weighted by molar-refractivity contribution is 0.0668. The molecule has 3 heteroatoms. The van der Waals surface area contributed by atoms with Gasteiger partial charge in [0.25, 0.3) is 0 Å². The molecule has 0 aromatic carbocycles. The third-order valence-electron chi connectivity index (χ3n) is 3.44. The topological polar surface area (TPSA) is 21.3 Å². The van der Waals surface area contributed by atoms with Crippen molar-refractivity contribution in [1.29, 1.82) is 0 Å². The summed E-state index contributed by atoms with van der Waals surface area (Å²) in [6.45, 7) is 4.17. The van der Waals surface area contributed by atoms with E-state index < -0.39 is 0 Å². The van der Waals surface area contributed by atoms with Crippen molar-refractivity contribution in [2.24, 2.45) is 0 Å². The first-order valence-corrected chi connectivity index (χ1v) is 7.40. The van der Waals surface area contributed by atoms with Gasteiger partial charge in [0.05, 0.1) is 6.61 Å². The second kappa shape index (κ2) is 6.12. The maximum absolute atomic E-state index is 5.52. The summed E-state index contributed by atoms with van der Waals surface area (Å²) in [5, 5.41) is 4.67. The Balaban J connectivity index is 1.76. The van der Waals surface area contributed by atoms with Crippen molar-refractivity contribution in [3.05, 3.63) is 0 Å². The molecule has 1 saturated heterocycles. The Hall–Kier alpha value is 0.270. The first-order chi connectivity index (χ1) is 7.40. The van der Waals surface area contributed by atoms with E-state index in [1.165, 1.54) is 37.9 Å². The van der Waals surface area contributed by atoms with Crippen LogP contribution in [0, 0.1) is 0 Å². The Morgan fingerprint density at radius 3 is 2.93 bits per heavy atom. The summed E-state index contributed by atoms with van der Waals surface area (Å²) in [6, 6.07) is 1.38. The molecule has 1 aliphatic heterocycles. The molecule has 2 aliphatic rings. The van der Waals surface area contributed by atoms with Crippen LogP contribution >= 0.6 is 11.8 Å². The highest BCUT2D eigenvalue weighted by Crippen LogP contribution is 2.30. The lowest BCUT2D eigenvalue weighted by Gasteiger charge is -2.29. The number of nitrogens with one attached hydrogen (secondary N) is 1. The standard InChI is InChI=1S/C12H23NOS/c1-2-15-12-7-3-6-11(12)13-10-5-4-8-14-9-10/h10-13H,2-9H2,1H3. The Morgan fingerprint density at radius 2 is 2.20 bits per heavy atom. The Bertz CT molecular complexity index is 182. The van der Waals surface area contributed by atoms with Crippen LogP contribution in [0.15, 0.2) is 0 Å². The number of ether oxygens (including phenoxy) is 1. The Morgan fingerprint density at radius 1 is 1.27 bits per heavy atom. The normalized spacial score (nSPS) is 37.0. The fourth-order valence-electron chi connectivity index (χ4n) is 2.71. The zero-order valence-corrected chi connectivity index (χ0v) is 10.5. The highest BCUT2D eigenvalue weighted by Gasteiger charge is 2.29. The number of thioether (sulfide) groups is 1. The highest BCUT2D eigenvalue weighted by molar-refractivity contribution is 7.99. The third-order valence-corrected chi connectivity index (χ3v) is 4.77. The number of hydrogen-bond donors (Lipinski definition) is 1. The van der Waals surface area contributed by atoms with E-state index in [2.05, 4.69) is 24.0 Å². The van der Waals surface area contributed by atoms with Gasteiger partial charge in [-0.3, -0.25) is 0 Å². The molecule has 1 saturated carbocycles. The summed E-state index contributed by atoms with van der Waals surface area (Å²) in [6.07, 6.45) is 6.72. The van der Waals surface area contributed by atoms with Gasteiger partial charge < -0.3 is 10.1 Å². The summed E-state index contributed by atoms with van der Waals surface area (Å²) in [4.78, 5) is 0. The molecule has 0 amide bonds. The molecule has 2 nitrogen and oxygen atoms in total. The van der Waals surface area contributed by atoms with E-state index >= 15 is 0 Å². The minimum Gasteiger partial charge on any atom is -0.380 e. The lowest BCUT2D eigenvalue weighted by Crippen LogP contribution is -2.45. The van der Waals surface area contributed by atoms with E-state index in [1.54, 1.807) is 0 Å². The zero-order valence-electron chi connectivity index (χ0n) is 9.71. The van der Waals surface area contributed by atoms with Crippen LogP contribution in [0.3, 0.4) is 0 Å². The minimum atomic E-state index is 0.627. The fraction of sp³-hybridized carbons (Fsp3) is 1.00. The van der Waals surface area contributed by atoms with Crippen molar-refractivity contribution in [2.75, 3.05) is 19.0 Å². The molecule has 88 valence electrons. The van der Waals surface area contributed by atoms with E-state index in [9.17, 15) is 0 Å². The van der Waals surface area contributed by atoms with Crippen molar-refractivity contribution in [1.82, 2.24) is 5.32 Å². The van der Waals surface area contributed by atoms with Gasteiger partial charge >= 0.3 is 0 Å². The second-order valence-corrected chi connectivity index (χ2v) is 6.13. The van der Waals surface area contributed by atoms with Crippen molar-refractivity contribution in [3.8, 4) is 0 Å². The largest absolute Gasteiger partial charge is 0.380 e. The molecule has 1 aliphatic carbocycles. The van der Waals surface area contributed by atoms with Crippen molar-refractivity contribution >= 4 is 11.8 Å². The first-order valence-electron chi connectivity index (χ1n) is 6.35. The molecule has 2 fully saturated rings. The molecule has 0 aromatic rings. The van der Waals surface area contributed by atoms with Gasteiger partial charge in [0.15, 0.2) is 0 Å². The maximum Gasteiger partial charge on any atom is 0.0619 e. The number of hydrogen-bond acceptors (Lipinski definition) is 3. The molecule has 3 atom stereocenters. The van der Waals surface area contributed by atoms with Crippen LogP contribution in [0.1, 0.15) is 39.0 Å². The lowest BCUT2D eigenvalue weighted by atomic mass is 10.1. The molecule has 2 rings (SSSR count). The van der Waals surface area contributed by atoms with Crippen LogP contribution < -0.4 is 5.32 Å². The second-order valence-electron chi connectivity index (χ2n) is 4.61. The predicted octanol–water partition coefficient (Wildman–Crippen LogP) is 2.43. The highest BCUT2D eigenvalue weighted by atomic mass is 32.2. The van der Waals surface area contributed by atoms with Gasteiger partial charge in [-0.25, -0.2) is 0 Å². The predicted molar refractivity (Wildman–Crippen MR) is 66.5 cm³/mol. The molecule has 1 heterocycles. The third kappa shape index (κ3) is 3.36. The molecule has 0 radical (unpaired) electrons. The maximum atomic E-state index is 5.52. The van der Waals surface area contributed by atoms with Gasteiger partial charge in [0, 0.05) is 23.9 Å². The average Bonchev–Trinajstić information content (AvgIpc) is 2.68. The van der Waals surface area contributed by atoms with Gasteiger partial charge in [-0.1, -0.05) is 13.3 Å². The molecule has 0 aromatic heterocycles. The van der Waals surface area contributed by atoms with E-state index in [0.29, 0.717) is 6.04 Å². The van der Waals surface area contributed by atoms with Crippen molar-refractivity contribution < 1.29 is 4.74 Å². The van der Waals surface area contributed by atoms with Gasteiger partial charge in [-0.15, -0.1) is 0 Å². The van der Waals surface area contributed by atoms with E-state index in [0.717, 1.165) is 24.5 Å². The minimum absolute atomic E-state index is 0.627. The summed E-state index contributed by atoms with van der Waals surface area (Å²) >= 11 is 2.13. The average molecular weight is 229 g/mol. The fourth-order valence-corrected chi connectivity index (χ4v) is 3.91. The summed E-state index contributed by atoms with van der Waals surface area (Å²) in [5.74, 6) is 1.25. The summed E-state index contributed by atoms with van der Waals surface area (Å²) in [7, 11) is 0. The van der Waals surface area contributed by atoms with Crippen LogP contribution in [0.25, 0.3) is 0 Å². The van der Waals surface area contributed by atoms with Crippen LogP contribution in [0.2, 0.25) is 0 Å². The van der Waals surface area contributed by atoms with Crippen LogP contribution in [0.5, 0.6) is 0 Å². The molecular formula is C12H23NOS. The van der Waals surface area contributed by atoms with Gasteiger partial charge in [-0.2, -0.15) is 11.8 Å². The smallest absolute Gasteiger partial charge is 0.0619 e. The Kier molecular flexibility index (Phi) is 4.79.